The van der Waals surface area contributed by atoms with Gasteiger partial charge in [-0.2, -0.15) is 4.98 Å². The second kappa shape index (κ2) is 8.22. The maximum Gasteiger partial charge on any atom is 0.315 e. The molecule has 0 radical (unpaired) electrons. The fourth-order valence-electron chi connectivity index (χ4n) is 1.79. The molecule has 1 aromatic carbocycles. The fourth-order valence-corrected chi connectivity index (χ4v) is 3.09. The van der Waals surface area contributed by atoms with E-state index in [1.165, 1.54) is 24.3 Å². The Balaban J connectivity index is 2.00. The van der Waals surface area contributed by atoms with Gasteiger partial charge in [0.1, 0.15) is 5.75 Å². The molecule has 0 aliphatic carbocycles. The minimum absolute atomic E-state index is 0.0854. The summed E-state index contributed by atoms with van der Waals surface area (Å²) in [6.45, 7) is 0.891. The maximum absolute atomic E-state index is 12.3. The van der Waals surface area contributed by atoms with Crippen molar-refractivity contribution in [1.29, 1.82) is 0 Å². The number of carbonyl (C=O) groups is 1. The fraction of sp³-hybridized carbons (Fsp3) is 0.357. The lowest BCUT2D eigenvalue weighted by molar-refractivity contribution is 0.0905. The summed E-state index contributed by atoms with van der Waals surface area (Å²) < 4.78 is 34.2. The van der Waals surface area contributed by atoms with Crippen LogP contribution in [-0.2, 0) is 20.3 Å². The third-order valence-corrected chi connectivity index (χ3v) is 4.85. The Kier molecular flexibility index (Phi) is 6.29. The first-order valence-corrected chi connectivity index (χ1v) is 9.03. The van der Waals surface area contributed by atoms with Gasteiger partial charge in [0.15, 0.2) is 15.7 Å². The average Bonchev–Trinajstić information content (AvgIpc) is 2.99. The van der Waals surface area contributed by atoms with E-state index in [0.717, 1.165) is 0 Å². The van der Waals surface area contributed by atoms with E-state index in [-0.39, 0.29) is 16.6 Å². The first kappa shape index (κ1) is 18.4. The van der Waals surface area contributed by atoms with Crippen LogP contribution >= 0.6 is 11.6 Å². The quantitative estimate of drug-likeness (QED) is 0.697. The van der Waals surface area contributed by atoms with Crippen LogP contribution in [0.5, 0.6) is 0 Å². The van der Waals surface area contributed by atoms with E-state index in [2.05, 4.69) is 15.5 Å². The monoisotopic (exact) mass is 373 g/mol. The third kappa shape index (κ3) is 5.02. The van der Waals surface area contributed by atoms with Crippen molar-refractivity contribution in [3.05, 3.63) is 41.0 Å². The van der Waals surface area contributed by atoms with Gasteiger partial charge in [0, 0.05) is 25.3 Å². The summed E-state index contributed by atoms with van der Waals surface area (Å²) in [6.07, 6.45) is 0.633. The van der Waals surface area contributed by atoms with Crippen LogP contribution < -0.4 is 5.32 Å². The van der Waals surface area contributed by atoms with E-state index in [0.29, 0.717) is 24.6 Å². The molecule has 0 saturated heterocycles. The molecule has 0 aliphatic rings. The highest BCUT2D eigenvalue weighted by Crippen LogP contribution is 2.18. The molecule has 1 N–H and O–H groups in total. The topological polar surface area (TPSA) is 111 Å². The normalized spacial score (nSPS) is 11.4. The molecule has 0 atom stereocenters. The van der Waals surface area contributed by atoms with E-state index in [1.807, 2.05) is 0 Å². The van der Waals surface area contributed by atoms with E-state index >= 15 is 0 Å². The second-order valence-corrected chi connectivity index (χ2v) is 7.26. The van der Waals surface area contributed by atoms with Gasteiger partial charge in [-0.3, -0.25) is 4.79 Å². The van der Waals surface area contributed by atoms with Crippen molar-refractivity contribution in [2.75, 3.05) is 20.3 Å². The summed E-state index contributed by atoms with van der Waals surface area (Å²) in [5, 5.41) is 6.53. The van der Waals surface area contributed by atoms with Gasteiger partial charge in [0.05, 0.1) is 4.90 Å². The van der Waals surface area contributed by atoms with Gasteiger partial charge in [0.25, 0.3) is 0 Å². The Labute approximate surface area is 144 Å². The Morgan fingerprint density at radius 2 is 2.04 bits per heavy atom. The SMILES string of the molecule is COCCCNC(=O)c1nc(CS(=O)(=O)c2ccc(Cl)cc2)no1. The first-order valence-electron chi connectivity index (χ1n) is 7.00. The number of benzene rings is 1. The van der Waals surface area contributed by atoms with Crippen molar-refractivity contribution in [2.24, 2.45) is 0 Å². The smallest absolute Gasteiger partial charge is 0.315 e. The molecule has 8 nitrogen and oxygen atoms in total. The lowest BCUT2D eigenvalue weighted by atomic mass is 10.4. The zero-order chi connectivity index (χ0) is 17.6. The maximum atomic E-state index is 12.3. The minimum atomic E-state index is -3.66. The largest absolute Gasteiger partial charge is 0.385 e. The summed E-state index contributed by atoms with van der Waals surface area (Å²) >= 11 is 5.73. The predicted molar refractivity (Wildman–Crippen MR) is 85.5 cm³/mol. The zero-order valence-electron chi connectivity index (χ0n) is 12.9. The van der Waals surface area contributed by atoms with Gasteiger partial charge in [-0.25, -0.2) is 8.42 Å². The standard InChI is InChI=1S/C14H16ClN3O5S/c1-22-8-2-7-16-13(19)14-17-12(18-23-14)9-24(20,21)11-5-3-10(15)4-6-11/h3-6H,2,7-9H2,1H3,(H,16,19). The molecule has 0 aliphatic heterocycles. The second-order valence-electron chi connectivity index (χ2n) is 4.83. The number of hydrogen-bond acceptors (Lipinski definition) is 7. The molecule has 2 rings (SSSR count). The lowest BCUT2D eigenvalue weighted by Gasteiger charge is -2.01. The highest BCUT2D eigenvalue weighted by Gasteiger charge is 2.21. The number of methoxy groups -OCH3 is 1. The Morgan fingerprint density at radius 3 is 2.71 bits per heavy atom. The van der Waals surface area contributed by atoms with Gasteiger partial charge in [-0.05, 0) is 30.7 Å². The molecule has 0 saturated carbocycles. The number of amides is 1. The van der Waals surface area contributed by atoms with Crippen molar-refractivity contribution < 1.29 is 22.5 Å². The molecule has 0 fully saturated rings. The van der Waals surface area contributed by atoms with Crippen molar-refractivity contribution >= 4 is 27.3 Å². The summed E-state index contributed by atoms with van der Waals surface area (Å²) in [5.74, 6) is -1.41. The van der Waals surface area contributed by atoms with Crippen molar-refractivity contribution in [1.82, 2.24) is 15.5 Å². The number of nitrogens with one attached hydrogen (secondary N) is 1. The molecular formula is C14H16ClN3O5S. The third-order valence-electron chi connectivity index (χ3n) is 2.97. The summed E-state index contributed by atoms with van der Waals surface area (Å²) in [4.78, 5) is 15.7. The van der Waals surface area contributed by atoms with Crippen LogP contribution in [0.15, 0.2) is 33.7 Å². The summed E-state index contributed by atoms with van der Waals surface area (Å²) in [5.41, 5.74) is 0. The molecule has 1 aromatic heterocycles. The molecular weight excluding hydrogens is 358 g/mol. The molecule has 10 heteroatoms. The zero-order valence-corrected chi connectivity index (χ0v) is 14.4. The number of hydrogen-bond donors (Lipinski definition) is 1. The van der Waals surface area contributed by atoms with Crippen LogP contribution in [0, 0.1) is 0 Å². The number of carbonyl (C=O) groups excluding carboxylic acids is 1. The van der Waals surface area contributed by atoms with Gasteiger partial charge < -0.3 is 14.6 Å². The number of halogens is 1. The van der Waals surface area contributed by atoms with E-state index < -0.39 is 21.5 Å². The molecule has 0 unspecified atom stereocenters. The number of nitrogens with zero attached hydrogens (tertiary/aromatic N) is 2. The number of ether oxygens (including phenoxy) is 1. The van der Waals surface area contributed by atoms with Crippen LogP contribution in [-0.4, -0.2) is 44.7 Å². The van der Waals surface area contributed by atoms with Crippen LogP contribution in [0.4, 0.5) is 0 Å². The van der Waals surface area contributed by atoms with Gasteiger partial charge in [0.2, 0.25) is 0 Å². The minimum Gasteiger partial charge on any atom is -0.385 e. The average molecular weight is 374 g/mol. The number of sulfone groups is 1. The van der Waals surface area contributed by atoms with Gasteiger partial charge in [-0.1, -0.05) is 16.8 Å². The lowest BCUT2D eigenvalue weighted by Crippen LogP contribution is -2.25. The molecule has 0 spiro atoms. The first-order chi connectivity index (χ1) is 11.4. The summed E-state index contributed by atoms with van der Waals surface area (Å²) in [7, 11) is -2.10. The van der Waals surface area contributed by atoms with Crippen LogP contribution in [0.3, 0.4) is 0 Å². The molecule has 1 heterocycles. The summed E-state index contributed by atoms with van der Waals surface area (Å²) in [6, 6.07) is 5.73. The Morgan fingerprint density at radius 1 is 1.33 bits per heavy atom. The van der Waals surface area contributed by atoms with Gasteiger partial charge in [-0.15, -0.1) is 0 Å². The Hall–Kier alpha value is -1.97. The van der Waals surface area contributed by atoms with Crippen LogP contribution in [0.25, 0.3) is 0 Å². The van der Waals surface area contributed by atoms with Crippen molar-refractivity contribution in [3.8, 4) is 0 Å². The van der Waals surface area contributed by atoms with Gasteiger partial charge >= 0.3 is 11.8 Å². The highest BCUT2D eigenvalue weighted by molar-refractivity contribution is 7.90. The van der Waals surface area contributed by atoms with E-state index in [1.54, 1.807) is 7.11 Å². The van der Waals surface area contributed by atoms with E-state index in [9.17, 15) is 13.2 Å². The molecule has 130 valence electrons. The van der Waals surface area contributed by atoms with E-state index in [4.69, 9.17) is 20.9 Å². The number of rotatable bonds is 8. The molecule has 2 aromatic rings. The molecule has 0 bridgehead atoms. The predicted octanol–water partition coefficient (Wildman–Crippen LogP) is 1.46. The van der Waals surface area contributed by atoms with Crippen LogP contribution in [0.2, 0.25) is 5.02 Å². The van der Waals surface area contributed by atoms with Crippen molar-refractivity contribution in [3.63, 3.8) is 0 Å². The highest BCUT2D eigenvalue weighted by atomic mass is 35.5. The van der Waals surface area contributed by atoms with Crippen molar-refractivity contribution in [2.45, 2.75) is 17.1 Å². The number of aromatic nitrogens is 2. The van der Waals surface area contributed by atoms with Crippen LogP contribution in [0.1, 0.15) is 22.9 Å². The Bertz CT molecular complexity index is 789. The molecule has 1 amide bonds. The molecule has 24 heavy (non-hydrogen) atoms.